The first-order valence-electron chi connectivity index (χ1n) is 6.22. The summed E-state index contributed by atoms with van der Waals surface area (Å²) in [6, 6.07) is 4.04. The standard InChI is InChI=1S/C13H21N3O/c1-9-8-16(6-4-12(9)17)13-7-11(10(2)14)3-5-15-13/h3,5,7,9-10,12,17H,4,6,8,14H2,1-2H3/t9?,10-,12?/m1/s1. The lowest BCUT2D eigenvalue weighted by Gasteiger charge is -2.35. The minimum Gasteiger partial charge on any atom is -0.393 e. The SMILES string of the molecule is CC1CN(c2cc([C@@H](C)N)ccn2)CCC1O. The number of hydrogen-bond donors (Lipinski definition) is 2. The molecule has 2 unspecified atom stereocenters. The number of anilines is 1. The Kier molecular flexibility index (Phi) is 3.64. The van der Waals surface area contributed by atoms with Crippen LogP contribution in [-0.2, 0) is 0 Å². The molecule has 0 aromatic carbocycles. The van der Waals surface area contributed by atoms with Gasteiger partial charge in [0.25, 0.3) is 0 Å². The predicted octanol–water partition coefficient (Wildman–Crippen LogP) is 1.31. The van der Waals surface area contributed by atoms with Gasteiger partial charge >= 0.3 is 0 Å². The van der Waals surface area contributed by atoms with Gasteiger partial charge in [-0.15, -0.1) is 0 Å². The van der Waals surface area contributed by atoms with Crippen LogP contribution in [0.25, 0.3) is 0 Å². The maximum absolute atomic E-state index is 9.72. The van der Waals surface area contributed by atoms with Gasteiger partial charge in [-0.1, -0.05) is 6.92 Å². The molecule has 4 heteroatoms. The van der Waals surface area contributed by atoms with Gasteiger partial charge in [0, 0.05) is 25.3 Å². The summed E-state index contributed by atoms with van der Waals surface area (Å²) in [7, 11) is 0. The van der Waals surface area contributed by atoms with Crippen molar-refractivity contribution >= 4 is 5.82 Å². The highest BCUT2D eigenvalue weighted by Crippen LogP contribution is 2.23. The highest BCUT2D eigenvalue weighted by molar-refractivity contribution is 5.42. The molecule has 1 aromatic rings. The third kappa shape index (κ3) is 2.76. The van der Waals surface area contributed by atoms with E-state index in [4.69, 9.17) is 5.73 Å². The van der Waals surface area contributed by atoms with Crippen LogP contribution in [0.1, 0.15) is 31.9 Å². The minimum atomic E-state index is -0.178. The van der Waals surface area contributed by atoms with E-state index in [1.165, 1.54) is 0 Å². The van der Waals surface area contributed by atoms with Crippen molar-refractivity contribution in [3.05, 3.63) is 23.9 Å². The van der Waals surface area contributed by atoms with Gasteiger partial charge in [0.15, 0.2) is 0 Å². The highest BCUT2D eigenvalue weighted by atomic mass is 16.3. The van der Waals surface area contributed by atoms with Crippen LogP contribution in [0.5, 0.6) is 0 Å². The number of aliphatic hydroxyl groups is 1. The van der Waals surface area contributed by atoms with Crippen molar-refractivity contribution < 1.29 is 5.11 Å². The Balaban J connectivity index is 2.14. The van der Waals surface area contributed by atoms with Crippen molar-refractivity contribution in [1.29, 1.82) is 0 Å². The number of nitrogens with zero attached hydrogens (tertiary/aromatic N) is 2. The molecule has 0 radical (unpaired) electrons. The van der Waals surface area contributed by atoms with Crippen molar-refractivity contribution in [1.82, 2.24) is 4.98 Å². The summed E-state index contributed by atoms with van der Waals surface area (Å²) in [5, 5.41) is 9.72. The average Bonchev–Trinajstić information content (AvgIpc) is 2.33. The fourth-order valence-corrected chi connectivity index (χ4v) is 2.23. The second-order valence-electron chi connectivity index (χ2n) is 5.02. The fourth-order valence-electron chi connectivity index (χ4n) is 2.23. The van der Waals surface area contributed by atoms with Crippen LogP contribution < -0.4 is 10.6 Å². The molecule has 1 aliphatic heterocycles. The van der Waals surface area contributed by atoms with E-state index in [2.05, 4.69) is 22.9 Å². The van der Waals surface area contributed by atoms with Crippen LogP contribution in [0.2, 0.25) is 0 Å². The zero-order valence-corrected chi connectivity index (χ0v) is 10.5. The zero-order valence-electron chi connectivity index (χ0n) is 10.5. The Morgan fingerprint density at radius 1 is 1.59 bits per heavy atom. The van der Waals surface area contributed by atoms with Crippen LogP contribution in [0, 0.1) is 5.92 Å². The van der Waals surface area contributed by atoms with E-state index in [0.29, 0.717) is 5.92 Å². The Labute approximate surface area is 102 Å². The molecule has 0 spiro atoms. The van der Waals surface area contributed by atoms with Crippen molar-refractivity contribution in [3.8, 4) is 0 Å². The average molecular weight is 235 g/mol. The molecule has 0 bridgehead atoms. The smallest absolute Gasteiger partial charge is 0.128 e. The molecule has 1 saturated heterocycles. The number of aliphatic hydroxyl groups excluding tert-OH is 1. The summed E-state index contributed by atoms with van der Waals surface area (Å²) in [6.07, 6.45) is 2.44. The van der Waals surface area contributed by atoms with Crippen LogP contribution in [-0.4, -0.2) is 29.3 Å². The molecule has 0 saturated carbocycles. The summed E-state index contributed by atoms with van der Waals surface area (Å²) in [5.74, 6) is 1.27. The molecule has 3 atom stereocenters. The Morgan fingerprint density at radius 3 is 3.00 bits per heavy atom. The number of rotatable bonds is 2. The van der Waals surface area contributed by atoms with Gasteiger partial charge in [-0.3, -0.25) is 0 Å². The van der Waals surface area contributed by atoms with Crippen molar-refractivity contribution in [3.63, 3.8) is 0 Å². The van der Waals surface area contributed by atoms with Gasteiger partial charge in [-0.2, -0.15) is 0 Å². The Morgan fingerprint density at radius 2 is 2.35 bits per heavy atom. The van der Waals surface area contributed by atoms with Crippen LogP contribution in [0.3, 0.4) is 0 Å². The number of pyridine rings is 1. The second kappa shape index (κ2) is 5.02. The molecule has 0 aliphatic carbocycles. The second-order valence-corrected chi connectivity index (χ2v) is 5.02. The fraction of sp³-hybridized carbons (Fsp3) is 0.615. The molecule has 1 fully saturated rings. The third-order valence-corrected chi connectivity index (χ3v) is 3.48. The molecule has 3 N–H and O–H groups in total. The van der Waals surface area contributed by atoms with Gasteiger partial charge in [0.1, 0.15) is 5.82 Å². The summed E-state index contributed by atoms with van der Waals surface area (Å²) in [6.45, 7) is 5.77. The van der Waals surface area contributed by atoms with Crippen LogP contribution in [0.15, 0.2) is 18.3 Å². The van der Waals surface area contributed by atoms with E-state index in [-0.39, 0.29) is 12.1 Å². The van der Waals surface area contributed by atoms with E-state index in [0.717, 1.165) is 30.9 Å². The first kappa shape index (κ1) is 12.3. The topological polar surface area (TPSA) is 62.4 Å². The normalized spacial score (nSPS) is 26.9. The van der Waals surface area contributed by atoms with Crippen LogP contribution >= 0.6 is 0 Å². The molecular formula is C13H21N3O. The van der Waals surface area contributed by atoms with E-state index in [9.17, 15) is 5.11 Å². The Hall–Kier alpha value is -1.13. The number of aromatic nitrogens is 1. The van der Waals surface area contributed by atoms with E-state index in [1.807, 2.05) is 19.2 Å². The van der Waals surface area contributed by atoms with Gasteiger partial charge in [-0.05, 0) is 37.0 Å². The quantitative estimate of drug-likeness (QED) is 0.811. The van der Waals surface area contributed by atoms with E-state index < -0.39 is 0 Å². The highest BCUT2D eigenvalue weighted by Gasteiger charge is 2.24. The van der Waals surface area contributed by atoms with Gasteiger partial charge < -0.3 is 15.7 Å². The molecule has 2 rings (SSSR count). The van der Waals surface area contributed by atoms with Crippen molar-refractivity contribution in [2.75, 3.05) is 18.0 Å². The maximum Gasteiger partial charge on any atom is 0.128 e. The van der Waals surface area contributed by atoms with Gasteiger partial charge in [0.05, 0.1) is 6.10 Å². The molecule has 17 heavy (non-hydrogen) atoms. The number of hydrogen-bond acceptors (Lipinski definition) is 4. The molecule has 1 aliphatic rings. The molecule has 1 aromatic heterocycles. The third-order valence-electron chi connectivity index (χ3n) is 3.48. The largest absolute Gasteiger partial charge is 0.393 e. The lowest BCUT2D eigenvalue weighted by Crippen LogP contribution is -2.42. The minimum absolute atomic E-state index is 0.0320. The maximum atomic E-state index is 9.72. The summed E-state index contributed by atoms with van der Waals surface area (Å²) < 4.78 is 0. The van der Waals surface area contributed by atoms with E-state index >= 15 is 0 Å². The Bertz CT molecular complexity index is 381. The first-order chi connectivity index (χ1) is 8.08. The summed E-state index contributed by atoms with van der Waals surface area (Å²) in [5.41, 5.74) is 6.98. The van der Waals surface area contributed by atoms with Gasteiger partial charge in [-0.25, -0.2) is 4.98 Å². The zero-order chi connectivity index (χ0) is 12.4. The number of piperidine rings is 1. The van der Waals surface area contributed by atoms with Crippen LogP contribution in [0.4, 0.5) is 5.82 Å². The van der Waals surface area contributed by atoms with E-state index in [1.54, 1.807) is 0 Å². The van der Waals surface area contributed by atoms with Crippen molar-refractivity contribution in [2.45, 2.75) is 32.4 Å². The summed E-state index contributed by atoms with van der Waals surface area (Å²) in [4.78, 5) is 6.62. The molecule has 4 nitrogen and oxygen atoms in total. The first-order valence-corrected chi connectivity index (χ1v) is 6.22. The lowest BCUT2D eigenvalue weighted by atomic mass is 9.96. The molecular weight excluding hydrogens is 214 g/mol. The molecule has 0 amide bonds. The number of nitrogens with two attached hydrogens (primary N) is 1. The molecule has 2 heterocycles. The van der Waals surface area contributed by atoms with Gasteiger partial charge in [0.2, 0.25) is 0 Å². The lowest BCUT2D eigenvalue weighted by molar-refractivity contribution is 0.0969. The predicted molar refractivity (Wildman–Crippen MR) is 68.8 cm³/mol. The summed E-state index contributed by atoms with van der Waals surface area (Å²) >= 11 is 0. The molecule has 94 valence electrons. The van der Waals surface area contributed by atoms with Crippen molar-refractivity contribution in [2.24, 2.45) is 11.7 Å². The monoisotopic (exact) mass is 235 g/mol.